The predicted octanol–water partition coefficient (Wildman–Crippen LogP) is 14.1. The molecule has 0 spiro atoms. The van der Waals surface area contributed by atoms with E-state index in [1.807, 2.05) is 42.6 Å². The number of para-hydroxylation sites is 4. The van der Waals surface area contributed by atoms with Gasteiger partial charge in [-0.3, -0.25) is 9.98 Å². The van der Waals surface area contributed by atoms with Crippen molar-refractivity contribution in [3.05, 3.63) is 226 Å². The Balaban J connectivity index is 0.000000191. The van der Waals surface area contributed by atoms with E-state index in [0.29, 0.717) is 35.8 Å². The number of anilines is 3. The monoisotopic (exact) mass is 957 g/mol. The van der Waals surface area contributed by atoms with Crippen LogP contribution in [-0.4, -0.2) is 28.3 Å². The molecule has 368 valence electrons. The Bertz CT molecular complexity index is 2990. The summed E-state index contributed by atoms with van der Waals surface area (Å²) in [5, 5.41) is 11.2. The molecule has 0 bridgehead atoms. The first-order valence-corrected chi connectivity index (χ1v) is 26.1. The van der Waals surface area contributed by atoms with Crippen LogP contribution in [0.15, 0.2) is 175 Å². The van der Waals surface area contributed by atoms with E-state index in [4.69, 9.17) is 15.0 Å². The van der Waals surface area contributed by atoms with E-state index in [1.165, 1.54) is 61.6 Å². The van der Waals surface area contributed by atoms with Crippen LogP contribution in [0.2, 0.25) is 0 Å². The molecular formula is C66H73LiN6. The van der Waals surface area contributed by atoms with E-state index in [1.54, 1.807) is 0 Å². The van der Waals surface area contributed by atoms with Gasteiger partial charge in [0.25, 0.3) is 0 Å². The molecule has 6 nitrogen and oxygen atoms in total. The molecular weight excluding hydrogens is 884 g/mol. The molecule has 8 aromatic rings. The number of pyridine rings is 2. The normalized spacial score (nSPS) is 14.8. The Morgan fingerprint density at radius 2 is 0.986 bits per heavy atom. The first-order chi connectivity index (χ1) is 34.9. The van der Waals surface area contributed by atoms with Crippen LogP contribution >= 0.6 is 0 Å². The van der Waals surface area contributed by atoms with Gasteiger partial charge in [-0.15, -0.1) is 0 Å². The molecule has 3 unspecified atom stereocenters. The van der Waals surface area contributed by atoms with Gasteiger partial charge in [-0.05, 0) is 114 Å². The van der Waals surface area contributed by atoms with Crippen LogP contribution in [0.3, 0.4) is 0 Å². The molecule has 0 saturated carbocycles. The molecule has 2 aliphatic rings. The zero-order valence-electron chi connectivity index (χ0n) is 45.0. The number of nitrogens with zero attached hydrogens (tertiary/aromatic N) is 3. The topological polar surface area (TPSA) is 74.2 Å². The standard InChI is InChI=1S/C33H37N3.C27H31N3.C6H5.Li/c1-21(2)26-15-10-16-27(22(3)4)33(26)36-32(24-12-7-6-8-13-24)30-19-11-18-29(35-30)28-17-9-14-25-20-23(5)34-31(25)28;1-17(2)22-11-8-12-23(18(3)4)27(22)28-16-21-10-7-14-25(30-21)24-13-6-9-20-15-19(5)29-26(20)24;1-2-4-6-5-3-1;/h6-19,21-23,32,34,36H,20H2,1-5H3;6-14,16-19,29H,15H2,1-5H3;1-5H;/q;;-1;+1. The van der Waals surface area contributed by atoms with Crippen molar-refractivity contribution in [3.63, 3.8) is 0 Å². The number of benzene rings is 6. The van der Waals surface area contributed by atoms with E-state index >= 15 is 0 Å². The van der Waals surface area contributed by atoms with Gasteiger partial charge in [0.2, 0.25) is 0 Å². The summed E-state index contributed by atoms with van der Waals surface area (Å²) in [4.78, 5) is 15.1. The van der Waals surface area contributed by atoms with Crippen LogP contribution in [0.5, 0.6) is 0 Å². The number of hydrogen-bond donors (Lipinski definition) is 3. The molecule has 3 N–H and O–H groups in total. The maximum atomic E-state index is 5.26. The number of fused-ring (bicyclic) bond motifs is 2. The second kappa shape index (κ2) is 25.3. The molecule has 6 aromatic carbocycles. The fraction of sp³-hybridized carbons (Fsp3) is 0.288. The SMILES string of the molecule is CC1Cc2cccc(-c3cccc(C(Nc4c(C(C)C)cccc4C(C)C)c4ccccc4)n3)c2N1.CC1Cc2cccc(-c3cccc(C=Nc4c(C(C)C)cccc4C(C)C)n3)c2N1.[Li+].[c-]1ccccc1. The van der Waals surface area contributed by atoms with Crippen molar-refractivity contribution in [1.82, 2.24) is 9.97 Å². The average molecular weight is 957 g/mol. The van der Waals surface area contributed by atoms with E-state index in [2.05, 4.69) is 225 Å². The van der Waals surface area contributed by atoms with E-state index < -0.39 is 0 Å². The van der Waals surface area contributed by atoms with Gasteiger partial charge in [-0.25, -0.2) is 4.98 Å². The number of aliphatic imine (C=N–C) groups is 1. The first kappa shape index (κ1) is 54.1. The Kier molecular flexibility index (Phi) is 18.7. The Morgan fingerprint density at radius 1 is 0.521 bits per heavy atom. The van der Waals surface area contributed by atoms with Gasteiger partial charge in [0.1, 0.15) is 0 Å². The third-order valence-electron chi connectivity index (χ3n) is 13.6. The summed E-state index contributed by atoms with van der Waals surface area (Å²) in [5.41, 5.74) is 20.2. The van der Waals surface area contributed by atoms with Crippen LogP contribution in [0.25, 0.3) is 22.5 Å². The zero-order valence-corrected chi connectivity index (χ0v) is 45.0. The first-order valence-electron chi connectivity index (χ1n) is 26.1. The van der Waals surface area contributed by atoms with E-state index in [-0.39, 0.29) is 24.9 Å². The molecule has 4 heterocycles. The molecule has 0 aliphatic carbocycles. The minimum atomic E-state index is -0.0628. The van der Waals surface area contributed by atoms with Gasteiger partial charge >= 0.3 is 18.9 Å². The van der Waals surface area contributed by atoms with Crippen molar-refractivity contribution < 1.29 is 18.9 Å². The quantitative estimate of drug-likeness (QED) is 0.0646. The maximum Gasteiger partial charge on any atom is 1.00 e. The summed E-state index contributed by atoms with van der Waals surface area (Å²) in [6.07, 6.45) is 4.03. The van der Waals surface area contributed by atoms with Crippen LogP contribution in [0, 0.1) is 6.07 Å². The van der Waals surface area contributed by atoms with Crippen molar-refractivity contribution in [2.24, 2.45) is 4.99 Å². The van der Waals surface area contributed by atoms with Crippen molar-refractivity contribution in [1.29, 1.82) is 0 Å². The molecule has 2 aromatic heterocycles. The summed E-state index contributed by atoms with van der Waals surface area (Å²) in [6.45, 7) is 22.4. The average Bonchev–Trinajstić information content (AvgIpc) is 3.99. The summed E-state index contributed by atoms with van der Waals surface area (Å²) in [5.74, 6) is 1.69. The van der Waals surface area contributed by atoms with Gasteiger partial charge in [0.15, 0.2) is 0 Å². The maximum absolute atomic E-state index is 5.26. The van der Waals surface area contributed by atoms with Crippen LogP contribution in [0.1, 0.15) is 149 Å². The second-order valence-corrected chi connectivity index (χ2v) is 20.6. The molecule has 2 aliphatic heterocycles. The van der Waals surface area contributed by atoms with Crippen molar-refractivity contribution in [3.8, 4) is 22.5 Å². The third kappa shape index (κ3) is 13.3. The van der Waals surface area contributed by atoms with Crippen LogP contribution in [-0.2, 0) is 12.8 Å². The predicted molar refractivity (Wildman–Crippen MR) is 307 cm³/mol. The number of aromatic nitrogens is 2. The second-order valence-electron chi connectivity index (χ2n) is 20.6. The fourth-order valence-corrected chi connectivity index (χ4v) is 9.97. The number of nitrogens with one attached hydrogen (secondary N) is 3. The van der Waals surface area contributed by atoms with Gasteiger partial charge in [0, 0.05) is 40.3 Å². The molecule has 0 amide bonds. The van der Waals surface area contributed by atoms with Gasteiger partial charge in [-0.1, -0.05) is 171 Å². The fourth-order valence-electron chi connectivity index (χ4n) is 9.97. The zero-order chi connectivity index (χ0) is 50.7. The van der Waals surface area contributed by atoms with Crippen LogP contribution in [0.4, 0.5) is 22.7 Å². The third-order valence-corrected chi connectivity index (χ3v) is 13.6. The molecule has 0 radical (unpaired) electrons. The Hall–Kier alpha value is -6.71. The largest absolute Gasteiger partial charge is 1.00 e. The summed E-state index contributed by atoms with van der Waals surface area (Å²) in [6, 6.07) is 62.9. The molecule has 0 fully saturated rings. The smallest absolute Gasteiger partial charge is 0.381 e. The Labute approximate surface area is 448 Å². The molecule has 7 heteroatoms. The number of rotatable bonds is 12. The molecule has 0 saturated heterocycles. The van der Waals surface area contributed by atoms with Crippen molar-refractivity contribution >= 4 is 29.0 Å². The van der Waals surface area contributed by atoms with Crippen molar-refractivity contribution in [2.75, 3.05) is 16.0 Å². The van der Waals surface area contributed by atoms with Gasteiger partial charge < -0.3 is 16.0 Å². The minimum absolute atomic E-state index is 0. The van der Waals surface area contributed by atoms with Crippen LogP contribution < -0.4 is 34.8 Å². The summed E-state index contributed by atoms with van der Waals surface area (Å²) < 4.78 is 0. The molecule has 73 heavy (non-hydrogen) atoms. The molecule has 3 atom stereocenters. The van der Waals surface area contributed by atoms with Gasteiger partial charge in [-0.2, -0.15) is 36.4 Å². The Morgan fingerprint density at radius 3 is 1.48 bits per heavy atom. The van der Waals surface area contributed by atoms with E-state index in [9.17, 15) is 0 Å². The number of hydrogen-bond acceptors (Lipinski definition) is 6. The van der Waals surface area contributed by atoms with Gasteiger partial charge in [0.05, 0.1) is 40.7 Å². The van der Waals surface area contributed by atoms with E-state index in [0.717, 1.165) is 46.9 Å². The minimum Gasteiger partial charge on any atom is -0.381 e. The summed E-state index contributed by atoms with van der Waals surface area (Å²) >= 11 is 0. The summed E-state index contributed by atoms with van der Waals surface area (Å²) in [7, 11) is 0. The van der Waals surface area contributed by atoms with Crippen molar-refractivity contribution in [2.45, 2.75) is 124 Å². The molecule has 10 rings (SSSR count).